The molecule has 3 unspecified atom stereocenters. The average molecular weight is 498 g/mol. The fourth-order valence-electron chi connectivity index (χ4n) is 6.43. The number of anilines is 2. The lowest BCUT2D eigenvalue weighted by Crippen LogP contribution is -2.58. The third kappa shape index (κ3) is 3.23. The van der Waals surface area contributed by atoms with Crippen molar-refractivity contribution in [2.24, 2.45) is 17.6 Å². The van der Waals surface area contributed by atoms with Crippen LogP contribution in [0.3, 0.4) is 0 Å². The lowest BCUT2D eigenvalue weighted by atomic mass is 9.59. The molecule has 192 valence electrons. The Kier molecular flexibility index (Phi) is 5.55. The number of piperidine rings is 1. The number of ketones is 2. The van der Waals surface area contributed by atoms with Crippen LogP contribution in [0.5, 0.6) is 5.75 Å². The third-order valence-corrected chi connectivity index (χ3v) is 8.20. The minimum atomic E-state index is -2.56. The van der Waals surface area contributed by atoms with Crippen LogP contribution in [0.15, 0.2) is 23.0 Å². The number of nitrogens with zero attached hydrogens (tertiary/aromatic N) is 2. The van der Waals surface area contributed by atoms with E-state index in [1.165, 1.54) is 0 Å². The van der Waals surface area contributed by atoms with Crippen LogP contribution in [0.4, 0.5) is 11.4 Å². The topological polar surface area (TPSA) is 165 Å². The molecule has 10 nitrogen and oxygen atoms in total. The molecule has 0 radical (unpaired) electrons. The van der Waals surface area contributed by atoms with Gasteiger partial charge in [-0.05, 0) is 49.7 Å². The second-order valence-electron chi connectivity index (χ2n) is 10.5. The van der Waals surface area contributed by atoms with Gasteiger partial charge < -0.3 is 36.0 Å². The molecule has 1 amide bonds. The number of aliphatic hydroxyl groups excluding tert-OH is 2. The molecule has 3 atom stereocenters. The van der Waals surface area contributed by atoms with Crippen molar-refractivity contribution in [3.05, 3.63) is 34.1 Å². The second-order valence-corrected chi connectivity index (χ2v) is 10.5. The number of hydrogen-bond donors (Lipinski definition) is 5. The minimum Gasteiger partial charge on any atom is -0.508 e. The Bertz CT molecular complexity index is 1260. The van der Waals surface area contributed by atoms with Crippen molar-refractivity contribution >= 4 is 34.6 Å². The first-order valence-electron chi connectivity index (χ1n) is 12.3. The van der Waals surface area contributed by atoms with Crippen LogP contribution < -0.4 is 15.5 Å². The van der Waals surface area contributed by atoms with Gasteiger partial charge in [0.1, 0.15) is 22.8 Å². The molecular formula is C26H31N3O7. The molecule has 1 aliphatic heterocycles. The van der Waals surface area contributed by atoms with E-state index < -0.39 is 52.0 Å². The summed E-state index contributed by atoms with van der Waals surface area (Å²) in [5.74, 6) is -6.13. The first kappa shape index (κ1) is 24.2. The van der Waals surface area contributed by atoms with E-state index in [2.05, 4.69) is 4.90 Å². The van der Waals surface area contributed by atoms with Crippen molar-refractivity contribution < 1.29 is 34.8 Å². The lowest BCUT2D eigenvalue weighted by molar-refractivity contribution is -0.147. The number of fused-ring (bicyclic) bond motifs is 3. The van der Waals surface area contributed by atoms with E-state index in [-0.39, 0.29) is 36.1 Å². The molecule has 3 aliphatic carbocycles. The van der Waals surface area contributed by atoms with Gasteiger partial charge in [0.2, 0.25) is 5.78 Å². The molecule has 0 bridgehead atoms. The lowest BCUT2D eigenvalue weighted by Gasteiger charge is -2.46. The Balaban J connectivity index is 1.71. The van der Waals surface area contributed by atoms with Crippen molar-refractivity contribution in [2.75, 3.05) is 37.0 Å². The molecule has 5 rings (SSSR count). The Morgan fingerprint density at radius 2 is 1.78 bits per heavy atom. The summed E-state index contributed by atoms with van der Waals surface area (Å²) in [4.78, 5) is 42.0. The van der Waals surface area contributed by atoms with E-state index in [1.807, 2.05) is 25.1 Å². The number of Topliss-reactive ketones (excluding diaryl/α,β-unsaturated/α-hetero) is 2. The Morgan fingerprint density at radius 1 is 1.11 bits per heavy atom. The van der Waals surface area contributed by atoms with Gasteiger partial charge in [0.15, 0.2) is 11.4 Å². The average Bonchev–Trinajstić information content (AvgIpc) is 2.81. The highest BCUT2D eigenvalue weighted by Gasteiger charge is 2.60. The van der Waals surface area contributed by atoms with Crippen LogP contribution in [0.2, 0.25) is 0 Å². The molecule has 2 fully saturated rings. The molecular weight excluding hydrogens is 466 g/mol. The summed E-state index contributed by atoms with van der Waals surface area (Å²) in [5.41, 5.74) is 3.93. The number of rotatable bonds is 3. The zero-order valence-corrected chi connectivity index (χ0v) is 20.4. The maximum Gasteiger partial charge on any atom is 0.255 e. The summed E-state index contributed by atoms with van der Waals surface area (Å²) in [6, 6.07) is 1.90. The van der Waals surface area contributed by atoms with Crippen LogP contribution in [-0.2, 0) is 20.8 Å². The van der Waals surface area contributed by atoms with Crippen molar-refractivity contribution in [3.8, 4) is 5.75 Å². The normalized spacial score (nSPS) is 28.0. The largest absolute Gasteiger partial charge is 0.508 e. The number of carbonyl (C=O) groups is 3. The monoisotopic (exact) mass is 497 g/mol. The molecule has 10 heteroatoms. The quantitative estimate of drug-likeness (QED) is 0.389. The van der Waals surface area contributed by atoms with Gasteiger partial charge >= 0.3 is 0 Å². The first-order valence-corrected chi connectivity index (χ1v) is 12.3. The number of benzene rings is 1. The first-order chi connectivity index (χ1) is 17.0. The molecule has 36 heavy (non-hydrogen) atoms. The number of aromatic hydroxyl groups is 1. The van der Waals surface area contributed by atoms with Crippen LogP contribution in [0, 0.1) is 11.8 Å². The van der Waals surface area contributed by atoms with E-state index in [0.717, 1.165) is 38.0 Å². The zero-order chi connectivity index (χ0) is 26.1. The molecule has 6 N–H and O–H groups in total. The second kappa shape index (κ2) is 8.26. The summed E-state index contributed by atoms with van der Waals surface area (Å²) in [6.45, 7) is 1.50. The molecule has 4 aliphatic rings. The van der Waals surface area contributed by atoms with Gasteiger partial charge in [0.25, 0.3) is 5.91 Å². The predicted octanol–water partition coefficient (Wildman–Crippen LogP) is 1.48. The standard InChI is InChI=1S/C26H31N3O7/c1-28(2)15-11-16(29-6-4-3-5-7-29)21(31)19-14(15)9-12-8-13-10-17(30)20(25(27)35)24(34)26(13,36)23(33)18(12)22(19)32/h11-13,31-32,34,36H,3-10H2,1-2H3,(H2,27,35). The maximum atomic E-state index is 13.7. The van der Waals surface area contributed by atoms with Gasteiger partial charge in [-0.1, -0.05) is 0 Å². The highest BCUT2D eigenvalue weighted by Crippen LogP contribution is 2.54. The smallest absolute Gasteiger partial charge is 0.255 e. The Labute approximate surface area is 208 Å². The van der Waals surface area contributed by atoms with Crippen LogP contribution in [0.1, 0.15) is 43.2 Å². The summed E-state index contributed by atoms with van der Waals surface area (Å²) < 4.78 is 0. The number of nitrogens with two attached hydrogens (primary N) is 1. The van der Waals surface area contributed by atoms with E-state index >= 15 is 0 Å². The van der Waals surface area contributed by atoms with Crippen LogP contribution in [0.25, 0.3) is 5.76 Å². The SMILES string of the molecule is CN(C)c1cc(N2CCCCC2)c(O)c2c1CC1CC3CC(=O)C(C(N)=O)=C(O)C3(O)C(=O)C1=C2O. The number of phenols is 1. The Hall–Kier alpha value is -3.53. The number of carbonyl (C=O) groups excluding carboxylic acids is 3. The number of primary amides is 1. The number of hydrogen-bond acceptors (Lipinski definition) is 9. The van der Waals surface area contributed by atoms with E-state index in [1.54, 1.807) is 0 Å². The van der Waals surface area contributed by atoms with Crippen LogP contribution in [-0.4, -0.2) is 70.7 Å². The zero-order valence-electron chi connectivity index (χ0n) is 20.4. The molecule has 0 aromatic heterocycles. The number of aliphatic hydroxyl groups is 3. The summed E-state index contributed by atoms with van der Waals surface area (Å²) >= 11 is 0. The fraction of sp³-hybridized carbons (Fsp3) is 0.500. The molecule has 1 saturated heterocycles. The van der Waals surface area contributed by atoms with E-state index in [9.17, 15) is 34.8 Å². The Morgan fingerprint density at radius 3 is 2.39 bits per heavy atom. The number of amides is 1. The highest BCUT2D eigenvalue weighted by atomic mass is 16.3. The van der Waals surface area contributed by atoms with Crippen molar-refractivity contribution in [2.45, 2.75) is 44.1 Å². The minimum absolute atomic E-state index is 0.115. The summed E-state index contributed by atoms with van der Waals surface area (Å²) in [6.07, 6.45) is 3.12. The van der Waals surface area contributed by atoms with Crippen molar-refractivity contribution in [3.63, 3.8) is 0 Å². The van der Waals surface area contributed by atoms with E-state index in [0.29, 0.717) is 11.3 Å². The maximum absolute atomic E-state index is 13.7. The van der Waals surface area contributed by atoms with Crippen molar-refractivity contribution in [1.29, 1.82) is 0 Å². The van der Waals surface area contributed by atoms with E-state index in [4.69, 9.17) is 5.73 Å². The fourth-order valence-corrected chi connectivity index (χ4v) is 6.43. The molecule has 1 saturated carbocycles. The van der Waals surface area contributed by atoms with Crippen molar-refractivity contribution in [1.82, 2.24) is 0 Å². The number of phenolic OH excluding ortho intramolecular Hbond substituents is 1. The summed E-state index contributed by atoms with van der Waals surface area (Å²) in [5, 5.41) is 44.9. The summed E-state index contributed by atoms with van der Waals surface area (Å²) in [7, 11) is 3.73. The predicted molar refractivity (Wildman–Crippen MR) is 132 cm³/mol. The van der Waals surface area contributed by atoms with Gasteiger partial charge in [0.05, 0.1) is 11.3 Å². The molecule has 0 spiro atoms. The molecule has 1 aromatic carbocycles. The van der Waals surface area contributed by atoms with Gasteiger partial charge in [0, 0.05) is 50.8 Å². The van der Waals surface area contributed by atoms with Gasteiger partial charge in [-0.3, -0.25) is 14.4 Å². The molecule has 1 aromatic rings. The molecule has 1 heterocycles. The van der Waals surface area contributed by atoms with Crippen LogP contribution >= 0.6 is 0 Å². The van der Waals surface area contributed by atoms with Gasteiger partial charge in [-0.25, -0.2) is 0 Å². The van der Waals surface area contributed by atoms with Gasteiger partial charge in [-0.2, -0.15) is 0 Å². The third-order valence-electron chi connectivity index (χ3n) is 8.20. The van der Waals surface area contributed by atoms with Gasteiger partial charge in [-0.15, -0.1) is 0 Å². The highest BCUT2D eigenvalue weighted by molar-refractivity contribution is 6.22.